The number of amides is 1. The summed E-state index contributed by atoms with van der Waals surface area (Å²) in [6.45, 7) is 5.55. The molecule has 112 valence electrons. The maximum Gasteiger partial charge on any atom is 0.252 e. The van der Waals surface area contributed by atoms with E-state index in [0.717, 1.165) is 6.07 Å². The molecular formula is C13H13F2N3O2S. The van der Waals surface area contributed by atoms with Crippen molar-refractivity contribution in [1.29, 1.82) is 0 Å². The second-order valence-corrected chi connectivity index (χ2v) is 6.57. The van der Waals surface area contributed by atoms with Crippen LogP contribution in [-0.4, -0.2) is 11.0 Å². The van der Waals surface area contributed by atoms with E-state index in [1.54, 1.807) is 0 Å². The SMILES string of the molecule is CC(C)(C)CC(=O)Sc1cc(C(=O)N=[N+]=[N-])c(F)cc1F. The molecule has 0 aliphatic carbocycles. The van der Waals surface area contributed by atoms with Crippen LogP contribution < -0.4 is 0 Å². The summed E-state index contributed by atoms with van der Waals surface area (Å²) in [6.07, 6.45) is 0.189. The molecular weight excluding hydrogens is 300 g/mol. The van der Waals surface area contributed by atoms with Crippen LogP contribution in [0.4, 0.5) is 8.78 Å². The van der Waals surface area contributed by atoms with E-state index in [-0.39, 0.29) is 21.8 Å². The smallest absolute Gasteiger partial charge is 0.252 e. The van der Waals surface area contributed by atoms with E-state index in [2.05, 4.69) is 10.0 Å². The summed E-state index contributed by atoms with van der Waals surface area (Å²) in [4.78, 5) is 25.3. The van der Waals surface area contributed by atoms with Gasteiger partial charge in [0, 0.05) is 17.4 Å². The van der Waals surface area contributed by atoms with Gasteiger partial charge in [0.1, 0.15) is 11.6 Å². The third-order valence-corrected chi connectivity index (χ3v) is 3.19. The summed E-state index contributed by atoms with van der Waals surface area (Å²) in [5, 5.41) is 2.44. The summed E-state index contributed by atoms with van der Waals surface area (Å²) in [7, 11) is 0. The van der Waals surface area contributed by atoms with Crippen molar-refractivity contribution in [3.8, 4) is 0 Å². The summed E-state index contributed by atoms with van der Waals surface area (Å²) < 4.78 is 27.1. The summed E-state index contributed by atoms with van der Waals surface area (Å²) >= 11 is 0.588. The largest absolute Gasteiger partial charge is 0.287 e. The number of nitrogens with zero attached hydrogens (tertiary/aromatic N) is 3. The number of hydrogen-bond acceptors (Lipinski definition) is 3. The normalized spacial score (nSPS) is 10.9. The summed E-state index contributed by atoms with van der Waals surface area (Å²) in [5.41, 5.74) is 7.32. The molecule has 1 amide bonds. The number of halogens is 2. The second-order valence-electron chi connectivity index (χ2n) is 5.47. The first-order valence-electron chi connectivity index (χ1n) is 5.93. The molecule has 1 rings (SSSR count). The Kier molecular flexibility index (Phi) is 5.46. The van der Waals surface area contributed by atoms with Gasteiger partial charge in [0.2, 0.25) is 0 Å². The topological polar surface area (TPSA) is 82.9 Å². The molecule has 0 fully saturated rings. The number of thioether (sulfide) groups is 1. The fraction of sp³-hybridized carbons (Fsp3) is 0.385. The Hall–Kier alpha value is -1.92. The minimum atomic E-state index is -1.17. The molecule has 5 nitrogen and oxygen atoms in total. The van der Waals surface area contributed by atoms with Gasteiger partial charge < -0.3 is 0 Å². The Morgan fingerprint density at radius 3 is 2.43 bits per heavy atom. The Bertz CT molecular complexity index is 635. The zero-order chi connectivity index (χ0) is 16.2. The third kappa shape index (κ3) is 5.17. The van der Waals surface area contributed by atoms with Crippen LogP contribution in [0, 0.1) is 17.0 Å². The van der Waals surface area contributed by atoms with Crippen LogP contribution in [0.3, 0.4) is 0 Å². The van der Waals surface area contributed by atoms with Crippen LogP contribution in [0.1, 0.15) is 37.6 Å². The molecule has 21 heavy (non-hydrogen) atoms. The minimum absolute atomic E-state index is 0.179. The highest BCUT2D eigenvalue weighted by molar-refractivity contribution is 8.13. The van der Waals surface area contributed by atoms with Crippen molar-refractivity contribution in [2.45, 2.75) is 32.1 Å². The van der Waals surface area contributed by atoms with Gasteiger partial charge in [-0.3, -0.25) is 9.59 Å². The van der Waals surface area contributed by atoms with Crippen molar-refractivity contribution >= 4 is 22.8 Å². The Morgan fingerprint density at radius 1 is 1.29 bits per heavy atom. The average molecular weight is 313 g/mol. The monoisotopic (exact) mass is 313 g/mol. The standard InChI is InChI=1S/C13H13F2N3O2S/c1-13(2,3)6-11(19)21-10-4-7(12(20)17-18-16)8(14)5-9(10)15/h4-5H,6H2,1-3H3. The fourth-order valence-electron chi connectivity index (χ4n) is 1.46. The molecule has 1 aromatic rings. The first-order valence-corrected chi connectivity index (χ1v) is 6.75. The van der Waals surface area contributed by atoms with E-state index in [9.17, 15) is 18.4 Å². The molecule has 8 heteroatoms. The van der Waals surface area contributed by atoms with Gasteiger partial charge in [-0.25, -0.2) is 8.78 Å². The molecule has 0 spiro atoms. The fourth-order valence-corrected chi connectivity index (χ4v) is 2.54. The number of carbonyl (C=O) groups is 2. The molecule has 0 aliphatic rings. The van der Waals surface area contributed by atoms with Crippen molar-refractivity contribution in [2.75, 3.05) is 0 Å². The number of carbonyl (C=O) groups excluding carboxylic acids is 2. The second kappa shape index (κ2) is 6.69. The van der Waals surface area contributed by atoms with Gasteiger partial charge in [0.25, 0.3) is 5.91 Å². The average Bonchev–Trinajstić information content (AvgIpc) is 2.30. The van der Waals surface area contributed by atoms with E-state index in [4.69, 9.17) is 5.53 Å². The Balaban J connectivity index is 3.08. The lowest BCUT2D eigenvalue weighted by molar-refractivity contribution is -0.112. The number of benzene rings is 1. The minimum Gasteiger partial charge on any atom is -0.287 e. The Labute approximate surface area is 124 Å². The van der Waals surface area contributed by atoms with Gasteiger partial charge in [0.05, 0.1) is 10.5 Å². The lowest BCUT2D eigenvalue weighted by Crippen LogP contribution is -2.10. The summed E-state index contributed by atoms with van der Waals surface area (Å²) in [5.74, 6) is -3.25. The maximum atomic E-state index is 13.6. The van der Waals surface area contributed by atoms with E-state index in [0.29, 0.717) is 17.8 Å². The van der Waals surface area contributed by atoms with Gasteiger partial charge in [0.15, 0.2) is 5.12 Å². The van der Waals surface area contributed by atoms with Crippen molar-refractivity contribution in [2.24, 2.45) is 10.5 Å². The molecule has 0 aromatic heterocycles. The van der Waals surface area contributed by atoms with E-state index >= 15 is 0 Å². The maximum absolute atomic E-state index is 13.6. The first kappa shape index (κ1) is 17.1. The van der Waals surface area contributed by atoms with Crippen LogP contribution >= 0.6 is 11.8 Å². The van der Waals surface area contributed by atoms with Crippen LogP contribution in [-0.2, 0) is 4.79 Å². The predicted octanol–water partition coefficient (Wildman–Crippen LogP) is 4.47. The van der Waals surface area contributed by atoms with Crippen molar-refractivity contribution in [1.82, 2.24) is 0 Å². The van der Waals surface area contributed by atoms with Crippen molar-refractivity contribution < 1.29 is 18.4 Å². The van der Waals surface area contributed by atoms with Crippen LogP contribution in [0.15, 0.2) is 22.1 Å². The molecule has 0 heterocycles. The van der Waals surface area contributed by atoms with E-state index < -0.39 is 23.1 Å². The van der Waals surface area contributed by atoms with Crippen LogP contribution in [0.2, 0.25) is 0 Å². The van der Waals surface area contributed by atoms with Crippen molar-refractivity contribution in [3.63, 3.8) is 0 Å². The zero-order valence-corrected chi connectivity index (χ0v) is 12.5. The molecule has 0 radical (unpaired) electrons. The first-order chi connectivity index (χ1) is 9.64. The van der Waals surface area contributed by atoms with Gasteiger partial charge in [-0.2, -0.15) is 0 Å². The zero-order valence-electron chi connectivity index (χ0n) is 11.7. The highest BCUT2D eigenvalue weighted by atomic mass is 32.2. The van der Waals surface area contributed by atoms with Gasteiger partial charge in [-0.05, 0) is 33.9 Å². The van der Waals surface area contributed by atoms with Crippen LogP contribution in [0.25, 0.3) is 10.4 Å². The third-order valence-electron chi connectivity index (χ3n) is 2.29. The molecule has 0 N–H and O–H groups in total. The van der Waals surface area contributed by atoms with E-state index in [1.807, 2.05) is 20.8 Å². The van der Waals surface area contributed by atoms with Crippen LogP contribution in [0.5, 0.6) is 0 Å². The van der Waals surface area contributed by atoms with Gasteiger partial charge in [-0.15, -0.1) is 0 Å². The molecule has 0 atom stereocenters. The number of hydrogen-bond donors (Lipinski definition) is 0. The molecule has 0 bridgehead atoms. The highest BCUT2D eigenvalue weighted by Gasteiger charge is 2.21. The summed E-state index contributed by atoms with van der Waals surface area (Å²) in [6, 6.07) is 1.37. The molecule has 0 saturated carbocycles. The lowest BCUT2D eigenvalue weighted by atomic mass is 9.93. The highest BCUT2D eigenvalue weighted by Crippen LogP contribution is 2.30. The van der Waals surface area contributed by atoms with Crippen molar-refractivity contribution in [3.05, 3.63) is 39.8 Å². The van der Waals surface area contributed by atoms with Gasteiger partial charge in [-0.1, -0.05) is 20.8 Å². The molecule has 0 unspecified atom stereocenters. The number of rotatable bonds is 3. The quantitative estimate of drug-likeness (QED) is 0.357. The molecule has 0 saturated heterocycles. The Morgan fingerprint density at radius 2 is 1.90 bits per heavy atom. The molecule has 1 aromatic carbocycles. The van der Waals surface area contributed by atoms with Gasteiger partial charge >= 0.3 is 0 Å². The predicted molar refractivity (Wildman–Crippen MR) is 74.8 cm³/mol. The van der Waals surface area contributed by atoms with E-state index in [1.165, 1.54) is 0 Å². The lowest BCUT2D eigenvalue weighted by Gasteiger charge is -2.16. The molecule has 0 aliphatic heterocycles. The number of azide groups is 1.